The second kappa shape index (κ2) is 6.97. The van der Waals surface area contributed by atoms with E-state index in [0.29, 0.717) is 12.1 Å². The van der Waals surface area contributed by atoms with Crippen LogP contribution in [0.5, 0.6) is 0 Å². The van der Waals surface area contributed by atoms with E-state index < -0.39 is 5.89 Å². The van der Waals surface area contributed by atoms with Gasteiger partial charge in [-0.2, -0.15) is 0 Å². The number of rotatable bonds is 5. The molecule has 0 saturated carbocycles. The Morgan fingerprint density at radius 2 is 1.96 bits per heavy atom. The van der Waals surface area contributed by atoms with Gasteiger partial charge in [-0.3, -0.25) is 4.98 Å². The third kappa shape index (κ3) is 3.19. The van der Waals surface area contributed by atoms with Crippen molar-refractivity contribution in [2.45, 2.75) is 39.0 Å². The van der Waals surface area contributed by atoms with Crippen molar-refractivity contribution in [2.75, 3.05) is 0 Å². The summed E-state index contributed by atoms with van der Waals surface area (Å²) in [5.74, 6) is -1.08. The number of unbranched alkanes of at least 4 members (excludes halogenated alkanes) is 1. The fourth-order valence-electron chi connectivity index (χ4n) is 3.07. The van der Waals surface area contributed by atoms with E-state index in [1.165, 1.54) is 10.1 Å². The maximum absolute atomic E-state index is 8.63. The fraction of sp³-hybridized carbons (Fsp3) is 0.261. The maximum atomic E-state index is 8.63. The largest absolute Gasteiger partial charge is 0.256 e. The van der Waals surface area contributed by atoms with E-state index in [4.69, 9.17) is 5.48 Å². The fourth-order valence-corrected chi connectivity index (χ4v) is 4.21. The molecule has 2 heterocycles. The lowest BCUT2D eigenvalue weighted by atomic mass is 9.96. The summed E-state index contributed by atoms with van der Waals surface area (Å²) in [5.41, 5.74) is 1.33. The van der Waals surface area contributed by atoms with Gasteiger partial charge in [0.15, 0.2) is 0 Å². The van der Waals surface area contributed by atoms with Crippen molar-refractivity contribution in [1.29, 1.82) is 0 Å². The summed E-state index contributed by atoms with van der Waals surface area (Å²) in [5, 5.41) is 2.37. The Balaban J connectivity index is 1.84. The molecule has 0 aliphatic heterocycles. The van der Waals surface area contributed by atoms with Crippen molar-refractivity contribution < 1.29 is 5.48 Å². The standard InChI is InChI=1S/C23H23NS/c1-3-4-7-16(2)18-11-13-21(24-15-18)17-10-12-20-19-8-5-6-9-22(19)25-23(20)14-17/h5-6,8-16H,3-4,7H2,1-2H3/i11D,13D,15D,16D. The molecular formula is C23H23NS. The molecule has 0 N–H and O–H groups in total. The molecule has 25 heavy (non-hydrogen) atoms. The predicted molar refractivity (Wildman–Crippen MR) is 111 cm³/mol. The number of benzene rings is 2. The normalized spacial score (nSPS) is 16.2. The third-order valence-corrected chi connectivity index (χ3v) is 5.70. The number of thiophene rings is 1. The molecule has 0 saturated heterocycles. The van der Waals surface area contributed by atoms with Crippen molar-refractivity contribution >= 4 is 31.5 Å². The molecule has 2 aromatic heterocycles. The Kier molecular flexibility index (Phi) is 3.40. The van der Waals surface area contributed by atoms with E-state index >= 15 is 0 Å². The summed E-state index contributed by atoms with van der Waals surface area (Å²) in [4.78, 5) is 4.38. The summed E-state index contributed by atoms with van der Waals surface area (Å²) >= 11 is 1.69. The molecule has 0 bridgehead atoms. The molecule has 4 aromatic rings. The van der Waals surface area contributed by atoms with Gasteiger partial charge >= 0.3 is 0 Å². The highest BCUT2D eigenvalue weighted by molar-refractivity contribution is 7.25. The number of nitrogens with zero attached hydrogens (tertiary/aromatic N) is 1. The molecule has 1 nitrogen and oxygen atoms in total. The first kappa shape index (κ1) is 12.2. The Hall–Kier alpha value is -2.19. The lowest BCUT2D eigenvalue weighted by molar-refractivity contribution is 0.623. The van der Waals surface area contributed by atoms with Crippen LogP contribution in [-0.2, 0) is 0 Å². The van der Waals surface area contributed by atoms with E-state index in [1.807, 2.05) is 30.3 Å². The second-order valence-electron chi connectivity index (χ2n) is 6.39. The van der Waals surface area contributed by atoms with Gasteiger partial charge in [-0.05, 0) is 36.1 Å². The SMILES string of the molecule is [2H]c1nc(-c2ccc3c(c2)sc2ccccc23)c([2H])c([2H])c1C([2H])(C)CCCC. The molecule has 1 unspecified atom stereocenters. The Labute approximate surface area is 159 Å². The highest BCUT2D eigenvalue weighted by Gasteiger charge is 2.09. The van der Waals surface area contributed by atoms with Gasteiger partial charge < -0.3 is 0 Å². The molecule has 0 radical (unpaired) electrons. The van der Waals surface area contributed by atoms with Gasteiger partial charge in [-0.15, -0.1) is 11.3 Å². The monoisotopic (exact) mass is 349 g/mol. The van der Waals surface area contributed by atoms with Crippen molar-refractivity contribution in [1.82, 2.24) is 4.98 Å². The minimum absolute atomic E-state index is 0.00793. The minimum atomic E-state index is -1.08. The van der Waals surface area contributed by atoms with Crippen molar-refractivity contribution in [3.05, 3.63) is 66.3 Å². The number of hydrogen-bond acceptors (Lipinski definition) is 2. The highest BCUT2D eigenvalue weighted by atomic mass is 32.1. The predicted octanol–water partition coefficient (Wildman–Crippen LogP) is 7.41. The van der Waals surface area contributed by atoms with Crippen LogP contribution >= 0.6 is 11.3 Å². The molecule has 2 aromatic carbocycles. The van der Waals surface area contributed by atoms with Crippen LogP contribution in [-0.4, -0.2) is 4.98 Å². The molecule has 126 valence electrons. The van der Waals surface area contributed by atoms with E-state index in [2.05, 4.69) is 24.0 Å². The van der Waals surface area contributed by atoms with Crippen LogP contribution in [0.3, 0.4) is 0 Å². The first-order valence-electron chi connectivity index (χ1n) is 10.7. The zero-order valence-electron chi connectivity index (χ0n) is 18.5. The first-order valence-corrected chi connectivity index (χ1v) is 9.55. The summed E-state index contributed by atoms with van der Waals surface area (Å²) < 4.78 is 36.4. The summed E-state index contributed by atoms with van der Waals surface area (Å²) in [7, 11) is 0. The topological polar surface area (TPSA) is 12.9 Å². The van der Waals surface area contributed by atoms with Gasteiger partial charge in [0, 0.05) is 33.3 Å². The van der Waals surface area contributed by atoms with Gasteiger partial charge in [-0.1, -0.05) is 63.1 Å². The smallest absolute Gasteiger partial charge is 0.0843 e. The summed E-state index contributed by atoms with van der Waals surface area (Å²) in [6.07, 6.45) is 2.28. The van der Waals surface area contributed by atoms with Crippen LogP contribution in [0.25, 0.3) is 31.4 Å². The zero-order valence-corrected chi connectivity index (χ0v) is 15.3. The van der Waals surface area contributed by atoms with Crippen LogP contribution in [0.15, 0.2) is 60.7 Å². The zero-order chi connectivity index (χ0) is 20.8. The lowest BCUT2D eigenvalue weighted by Gasteiger charge is -2.11. The Bertz CT molecular complexity index is 1210. The van der Waals surface area contributed by atoms with Gasteiger partial charge in [0.05, 0.1) is 9.81 Å². The molecular weight excluding hydrogens is 322 g/mol. The van der Waals surface area contributed by atoms with Crippen LogP contribution in [0.4, 0.5) is 0 Å². The number of hydrogen-bond donors (Lipinski definition) is 0. The molecule has 0 amide bonds. The molecule has 2 heteroatoms. The Morgan fingerprint density at radius 1 is 1.12 bits per heavy atom. The quantitative estimate of drug-likeness (QED) is 0.365. The first-order chi connectivity index (χ1) is 13.8. The molecule has 0 aliphatic rings. The molecule has 0 spiro atoms. The van der Waals surface area contributed by atoms with Gasteiger partial charge in [0.25, 0.3) is 0 Å². The second-order valence-corrected chi connectivity index (χ2v) is 7.47. The minimum Gasteiger partial charge on any atom is -0.256 e. The molecule has 4 rings (SSSR count). The maximum Gasteiger partial charge on any atom is 0.0843 e. The van der Waals surface area contributed by atoms with Crippen LogP contribution in [0, 0.1) is 0 Å². The van der Waals surface area contributed by atoms with Gasteiger partial charge in [-0.25, -0.2) is 0 Å². The average molecular weight is 350 g/mol. The Morgan fingerprint density at radius 3 is 2.84 bits per heavy atom. The van der Waals surface area contributed by atoms with Gasteiger partial charge in [0.2, 0.25) is 0 Å². The van der Waals surface area contributed by atoms with Crippen LogP contribution in [0.2, 0.25) is 0 Å². The molecule has 0 fully saturated rings. The molecule has 0 aliphatic carbocycles. The van der Waals surface area contributed by atoms with Crippen molar-refractivity contribution in [3.63, 3.8) is 0 Å². The third-order valence-electron chi connectivity index (χ3n) is 4.57. The molecule has 1 atom stereocenters. The van der Waals surface area contributed by atoms with Crippen LogP contribution < -0.4 is 0 Å². The lowest BCUT2D eigenvalue weighted by Crippen LogP contribution is -1.95. The highest BCUT2D eigenvalue weighted by Crippen LogP contribution is 2.36. The van der Waals surface area contributed by atoms with E-state index in [9.17, 15) is 0 Å². The summed E-state index contributed by atoms with van der Waals surface area (Å²) in [6, 6.07) is 14.1. The van der Waals surface area contributed by atoms with Crippen molar-refractivity contribution in [3.8, 4) is 11.3 Å². The van der Waals surface area contributed by atoms with E-state index in [-0.39, 0.29) is 23.8 Å². The van der Waals surface area contributed by atoms with Gasteiger partial charge in [0.1, 0.15) is 0 Å². The average Bonchev–Trinajstić information content (AvgIpc) is 3.06. The number of fused-ring (bicyclic) bond motifs is 3. The van der Waals surface area contributed by atoms with E-state index in [1.54, 1.807) is 18.3 Å². The number of pyridine rings is 1. The summed E-state index contributed by atoms with van der Waals surface area (Å²) in [6.45, 7) is 3.78. The van der Waals surface area contributed by atoms with Crippen LogP contribution in [0.1, 0.15) is 50.1 Å². The van der Waals surface area contributed by atoms with E-state index in [0.717, 1.165) is 28.5 Å². The van der Waals surface area contributed by atoms with Crippen molar-refractivity contribution in [2.24, 2.45) is 0 Å². The number of aromatic nitrogens is 1.